The highest BCUT2D eigenvalue weighted by Crippen LogP contribution is 2.25. The van der Waals surface area contributed by atoms with Gasteiger partial charge in [-0.05, 0) is 20.3 Å². The zero-order chi connectivity index (χ0) is 16.5. The van der Waals surface area contributed by atoms with E-state index in [0.29, 0.717) is 11.6 Å². The van der Waals surface area contributed by atoms with Crippen molar-refractivity contribution < 1.29 is 14.1 Å². The van der Waals surface area contributed by atoms with Crippen molar-refractivity contribution >= 4 is 40.0 Å². The number of carbonyl (C=O) groups excluding carboxylic acids is 1. The van der Waals surface area contributed by atoms with E-state index in [1.54, 1.807) is 13.0 Å². The summed E-state index contributed by atoms with van der Waals surface area (Å²) in [4.78, 5) is 11.8. The second-order valence-electron chi connectivity index (χ2n) is 4.51. The van der Waals surface area contributed by atoms with Crippen LogP contribution >= 0.6 is 23.1 Å². The third-order valence-corrected chi connectivity index (χ3v) is 4.59. The molecular weight excluding hydrogens is 338 g/mol. The summed E-state index contributed by atoms with van der Waals surface area (Å²) in [5.41, 5.74) is 0. The standard InChI is InChI=1S/C13H19N5O3S2/c1-3-20-6-4-5-14-12-16-17-13(23-12)22-8-11(19)15-10-7-9(2)21-18-10/h7H,3-6,8H2,1-2H3,(H,14,16)(H,15,18,19). The second kappa shape index (κ2) is 9.48. The first-order valence-corrected chi connectivity index (χ1v) is 8.98. The van der Waals surface area contributed by atoms with E-state index in [1.165, 1.54) is 23.1 Å². The molecule has 0 aliphatic heterocycles. The van der Waals surface area contributed by atoms with E-state index >= 15 is 0 Å². The number of aromatic nitrogens is 3. The van der Waals surface area contributed by atoms with Gasteiger partial charge in [-0.15, -0.1) is 10.2 Å². The highest BCUT2D eigenvalue weighted by atomic mass is 32.2. The van der Waals surface area contributed by atoms with Gasteiger partial charge >= 0.3 is 0 Å². The van der Waals surface area contributed by atoms with Crippen LogP contribution in [0.4, 0.5) is 10.9 Å². The summed E-state index contributed by atoms with van der Waals surface area (Å²) in [6.45, 7) is 5.98. The first-order chi connectivity index (χ1) is 11.2. The van der Waals surface area contributed by atoms with Crippen LogP contribution in [0.25, 0.3) is 0 Å². The lowest BCUT2D eigenvalue weighted by Gasteiger charge is -2.01. The van der Waals surface area contributed by atoms with Gasteiger partial charge in [-0.2, -0.15) is 0 Å². The molecule has 0 atom stereocenters. The number of carbonyl (C=O) groups is 1. The van der Waals surface area contributed by atoms with Gasteiger partial charge in [-0.1, -0.05) is 28.3 Å². The van der Waals surface area contributed by atoms with E-state index < -0.39 is 0 Å². The van der Waals surface area contributed by atoms with Crippen LogP contribution < -0.4 is 10.6 Å². The minimum atomic E-state index is -0.162. The fourth-order valence-electron chi connectivity index (χ4n) is 1.58. The molecule has 8 nitrogen and oxygen atoms in total. The molecule has 2 heterocycles. The lowest BCUT2D eigenvalue weighted by molar-refractivity contribution is -0.113. The number of rotatable bonds is 10. The lowest BCUT2D eigenvalue weighted by Crippen LogP contribution is -2.14. The molecular formula is C13H19N5O3S2. The summed E-state index contributed by atoms with van der Waals surface area (Å²) < 4.78 is 10.9. The molecule has 126 valence electrons. The SMILES string of the molecule is CCOCCCNc1nnc(SCC(=O)Nc2cc(C)on2)s1. The van der Waals surface area contributed by atoms with Gasteiger partial charge in [0.15, 0.2) is 10.2 Å². The maximum Gasteiger partial charge on any atom is 0.236 e. The van der Waals surface area contributed by atoms with Gasteiger partial charge in [0.05, 0.1) is 5.75 Å². The zero-order valence-corrected chi connectivity index (χ0v) is 14.6. The molecule has 0 aromatic carbocycles. The molecule has 0 unspecified atom stereocenters. The molecule has 2 aromatic heterocycles. The molecule has 1 amide bonds. The molecule has 10 heteroatoms. The third-order valence-electron chi connectivity index (χ3n) is 2.57. The van der Waals surface area contributed by atoms with Crippen LogP contribution in [0.3, 0.4) is 0 Å². The molecule has 0 aliphatic carbocycles. The van der Waals surface area contributed by atoms with Crippen molar-refractivity contribution in [3.8, 4) is 0 Å². The minimum Gasteiger partial charge on any atom is -0.382 e. The zero-order valence-electron chi connectivity index (χ0n) is 13.0. The van der Waals surface area contributed by atoms with Crippen molar-refractivity contribution in [1.29, 1.82) is 0 Å². The molecule has 0 fully saturated rings. The van der Waals surface area contributed by atoms with Crippen LogP contribution in [0, 0.1) is 6.92 Å². The molecule has 2 rings (SSSR count). The van der Waals surface area contributed by atoms with Crippen LogP contribution in [0.5, 0.6) is 0 Å². The number of hydrogen-bond acceptors (Lipinski definition) is 9. The molecule has 0 radical (unpaired) electrons. The van der Waals surface area contributed by atoms with Crippen LogP contribution in [0.1, 0.15) is 19.1 Å². The first kappa shape index (κ1) is 17.7. The van der Waals surface area contributed by atoms with E-state index in [4.69, 9.17) is 9.26 Å². The molecule has 23 heavy (non-hydrogen) atoms. The second-order valence-corrected chi connectivity index (χ2v) is 6.71. The van der Waals surface area contributed by atoms with Crippen LogP contribution in [-0.4, -0.2) is 46.8 Å². The summed E-state index contributed by atoms with van der Waals surface area (Å²) in [6.07, 6.45) is 0.912. The Balaban J connectivity index is 1.66. The maximum atomic E-state index is 11.8. The van der Waals surface area contributed by atoms with Crippen molar-refractivity contribution in [1.82, 2.24) is 15.4 Å². The van der Waals surface area contributed by atoms with E-state index in [0.717, 1.165) is 35.7 Å². The van der Waals surface area contributed by atoms with Crippen LogP contribution in [-0.2, 0) is 9.53 Å². The normalized spacial score (nSPS) is 10.7. The van der Waals surface area contributed by atoms with Gasteiger partial charge in [-0.25, -0.2) is 0 Å². The molecule has 0 aliphatic rings. The van der Waals surface area contributed by atoms with Gasteiger partial charge in [-0.3, -0.25) is 4.79 Å². The predicted octanol–water partition coefficient (Wildman–Crippen LogP) is 2.40. The Morgan fingerprint density at radius 2 is 2.35 bits per heavy atom. The van der Waals surface area contributed by atoms with E-state index in [9.17, 15) is 4.79 Å². The maximum absolute atomic E-state index is 11.8. The number of ether oxygens (including phenoxy) is 1. The average molecular weight is 357 g/mol. The quantitative estimate of drug-likeness (QED) is 0.494. The Hall–Kier alpha value is -1.65. The molecule has 2 aromatic rings. The fourth-order valence-corrected chi connectivity index (χ4v) is 3.16. The summed E-state index contributed by atoms with van der Waals surface area (Å²) in [5.74, 6) is 1.15. The smallest absolute Gasteiger partial charge is 0.236 e. The lowest BCUT2D eigenvalue weighted by atomic mass is 10.4. The van der Waals surface area contributed by atoms with Crippen LogP contribution in [0.2, 0.25) is 0 Å². The van der Waals surface area contributed by atoms with Gasteiger partial charge in [0.1, 0.15) is 5.76 Å². The van der Waals surface area contributed by atoms with Crippen LogP contribution in [0.15, 0.2) is 14.9 Å². The van der Waals surface area contributed by atoms with Crippen molar-refractivity contribution in [2.45, 2.75) is 24.6 Å². The number of nitrogens with one attached hydrogen (secondary N) is 2. The average Bonchev–Trinajstić information content (AvgIpc) is 3.14. The molecule has 2 N–H and O–H groups in total. The molecule has 0 spiro atoms. The molecule has 0 saturated carbocycles. The largest absolute Gasteiger partial charge is 0.382 e. The van der Waals surface area contributed by atoms with Crippen molar-refractivity contribution in [2.24, 2.45) is 0 Å². The van der Waals surface area contributed by atoms with Crippen molar-refractivity contribution in [3.63, 3.8) is 0 Å². The van der Waals surface area contributed by atoms with Gasteiger partial charge < -0.3 is 19.9 Å². The summed E-state index contributed by atoms with van der Waals surface area (Å²) in [5, 5.41) is 18.4. The van der Waals surface area contributed by atoms with Gasteiger partial charge in [0, 0.05) is 25.8 Å². The summed E-state index contributed by atoms with van der Waals surface area (Å²) >= 11 is 2.76. The number of hydrogen-bond donors (Lipinski definition) is 2. The number of amides is 1. The minimum absolute atomic E-state index is 0.162. The third kappa shape index (κ3) is 6.55. The van der Waals surface area contributed by atoms with Gasteiger partial charge in [0.2, 0.25) is 11.0 Å². The Morgan fingerprint density at radius 3 is 3.09 bits per heavy atom. The Labute approximate surface area is 142 Å². The Morgan fingerprint density at radius 1 is 1.48 bits per heavy atom. The topological polar surface area (TPSA) is 102 Å². The summed E-state index contributed by atoms with van der Waals surface area (Å²) in [6, 6.07) is 1.66. The number of aryl methyl sites for hydroxylation is 1. The number of thioether (sulfide) groups is 1. The number of anilines is 2. The van der Waals surface area contributed by atoms with E-state index in [1.807, 2.05) is 6.92 Å². The highest BCUT2D eigenvalue weighted by molar-refractivity contribution is 8.01. The van der Waals surface area contributed by atoms with E-state index in [-0.39, 0.29) is 11.7 Å². The van der Waals surface area contributed by atoms with E-state index in [2.05, 4.69) is 26.0 Å². The number of nitrogens with zero attached hydrogens (tertiary/aromatic N) is 3. The highest BCUT2D eigenvalue weighted by Gasteiger charge is 2.10. The summed E-state index contributed by atoms with van der Waals surface area (Å²) in [7, 11) is 0. The van der Waals surface area contributed by atoms with Gasteiger partial charge in [0.25, 0.3) is 0 Å². The predicted molar refractivity (Wildman–Crippen MR) is 90.1 cm³/mol. The van der Waals surface area contributed by atoms with Crippen molar-refractivity contribution in [2.75, 3.05) is 36.1 Å². The molecule has 0 bridgehead atoms. The monoisotopic (exact) mass is 357 g/mol. The Kier molecular flexibility index (Phi) is 7.30. The molecule has 0 saturated heterocycles. The Bertz CT molecular complexity index is 616. The first-order valence-electron chi connectivity index (χ1n) is 7.18. The van der Waals surface area contributed by atoms with Crippen molar-refractivity contribution in [3.05, 3.63) is 11.8 Å². The fraction of sp³-hybridized carbons (Fsp3) is 0.538.